The lowest BCUT2D eigenvalue weighted by Crippen LogP contribution is -2.29. The second kappa shape index (κ2) is 2.04. The van der Waals surface area contributed by atoms with Gasteiger partial charge in [-0.3, -0.25) is 14.9 Å². The van der Waals surface area contributed by atoms with E-state index in [-0.39, 0.29) is 23.7 Å². The average molecular weight is 154 g/mol. The van der Waals surface area contributed by atoms with Crippen molar-refractivity contribution in [1.29, 1.82) is 0 Å². The molecule has 2 aliphatic rings. The molecule has 0 aliphatic carbocycles. The van der Waals surface area contributed by atoms with Gasteiger partial charge < -0.3 is 4.90 Å². The predicted octanol–water partition coefficient (Wildman–Crippen LogP) is -1.18. The summed E-state index contributed by atoms with van der Waals surface area (Å²) in [6, 6.07) is 0. The van der Waals surface area contributed by atoms with Gasteiger partial charge in [0.2, 0.25) is 11.8 Å². The Hall–Kier alpha value is -0.900. The first-order valence-electron chi connectivity index (χ1n) is 3.72. The summed E-state index contributed by atoms with van der Waals surface area (Å²) in [6.07, 6.45) is 0. The van der Waals surface area contributed by atoms with E-state index < -0.39 is 0 Å². The Morgan fingerprint density at radius 2 is 1.73 bits per heavy atom. The van der Waals surface area contributed by atoms with E-state index in [4.69, 9.17) is 0 Å². The van der Waals surface area contributed by atoms with E-state index in [9.17, 15) is 9.59 Å². The van der Waals surface area contributed by atoms with Crippen LogP contribution in [0.4, 0.5) is 0 Å². The standard InChI is InChI=1S/C7H10N2O2/c1-9-2-4-5(3-9)7(11)8-6(4)10/h4-5H,2-3H2,1H3,(H,8,10,11)/t4-,5-/m0/s1. The van der Waals surface area contributed by atoms with Gasteiger partial charge in [0.25, 0.3) is 0 Å². The number of hydrogen-bond donors (Lipinski definition) is 1. The van der Waals surface area contributed by atoms with Gasteiger partial charge >= 0.3 is 0 Å². The minimum absolute atomic E-state index is 0.0764. The van der Waals surface area contributed by atoms with E-state index in [1.807, 2.05) is 11.9 Å². The topological polar surface area (TPSA) is 49.4 Å². The summed E-state index contributed by atoms with van der Waals surface area (Å²) >= 11 is 0. The van der Waals surface area contributed by atoms with Crippen LogP contribution in [0.1, 0.15) is 0 Å². The van der Waals surface area contributed by atoms with E-state index in [2.05, 4.69) is 5.32 Å². The van der Waals surface area contributed by atoms with Crippen molar-refractivity contribution in [3.05, 3.63) is 0 Å². The molecule has 2 saturated heterocycles. The molecular formula is C7H10N2O2. The molecular weight excluding hydrogens is 144 g/mol. The molecule has 0 aromatic rings. The first-order chi connectivity index (χ1) is 5.18. The number of likely N-dealkylation sites (tertiary alicyclic amines) is 1. The van der Waals surface area contributed by atoms with Crippen molar-refractivity contribution in [2.75, 3.05) is 20.1 Å². The SMILES string of the molecule is CN1C[C@@H]2C(=O)NC(=O)[C@H]2C1. The van der Waals surface area contributed by atoms with Crippen LogP contribution in [-0.4, -0.2) is 36.9 Å². The average Bonchev–Trinajstić information content (AvgIpc) is 2.38. The fourth-order valence-electron chi connectivity index (χ4n) is 1.84. The summed E-state index contributed by atoms with van der Waals surface area (Å²) in [4.78, 5) is 24.1. The Kier molecular flexibility index (Phi) is 1.26. The molecule has 2 amide bonds. The molecule has 0 aromatic carbocycles. The molecule has 0 radical (unpaired) electrons. The maximum absolute atomic E-state index is 11.1. The van der Waals surface area contributed by atoms with E-state index in [0.29, 0.717) is 0 Å². The molecule has 1 N–H and O–H groups in total. The largest absolute Gasteiger partial charge is 0.305 e. The number of nitrogens with one attached hydrogen (secondary N) is 1. The van der Waals surface area contributed by atoms with Gasteiger partial charge in [-0.05, 0) is 7.05 Å². The molecule has 2 heterocycles. The first-order valence-corrected chi connectivity index (χ1v) is 3.72. The molecule has 11 heavy (non-hydrogen) atoms. The van der Waals surface area contributed by atoms with Gasteiger partial charge in [0.15, 0.2) is 0 Å². The number of rotatable bonds is 0. The normalized spacial score (nSPS) is 37.5. The predicted molar refractivity (Wildman–Crippen MR) is 37.6 cm³/mol. The van der Waals surface area contributed by atoms with Crippen LogP contribution >= 0.6 is 0 Å². The Morgan fingerprint density at radius 1 is 1.27 bits per heavy atom. The molecule has 0 spiro atoms. The van der Waals surface area contributed by atoms with Gasteiger partial charge in [0, 0.05) is 13.1 Å². The van der Waals surface area contributed by atoms with Gasteiger partial charge in [-0.2, -0.15) is 0 Å². The van der Waals surface area contributed by atoms with Crippen LogP contribution in [0.25, 0.3) is 0 Å². The maximum Gasteiger partial charge on any atom is 0.231 e. The number of fused-ring (bicyclic) bond motifs is 1. The molecule has 4 heteroatoms. The lowest BCUT2D eigenvalue weighted by molar-refractivity contribution is -0.126. The minimum Gasteiger partial charge on any atom is -0.305 e. The van der Waals surface area contributed by atoms with Crippen molar-refractivity contribution < 1.29 is 9.59 Å². The van der Waals surface area contributed by atoms with E-state index in [1.54, 1.807) is 0 Å². The minimum atomic E-state index is -0.0932. The van der Waals surface area contributed by atoms with Gasteiger partial charge in [-0.25, -0.2) is 0 Å². The number of carbonyl (C=O) groups excluding carboxylic acids is 2. The van der Waals surface area contributed by atoms with Crippen LogP contribution in [0.5, 0.6) is 0 Å². The van der Waals surface area contributed by atoms with Crippen LogP contribution < -0.4 is 5.32 Å². The number of hydrogen-bond acceptors (Lipinski definition) is 3. The summed E-state index contributed by atoms with van der Waals surface area (Å²) in [6.45, 7) is 1.45. The number of imide groups is 1. The van der Waals surface area contributed by atoms with Crippen LogP contribution in [0.3, 0.4) is 0 Å². The Bertz CT molecular complexity index is 204. The fourth-order valence-corrected chi connectivity index (χ4v) is 1.84. The number of nitrogens with zero attached hydrogens (tertiary/aromatic N) is 1. The van der Waals surface area contributed by atoms with Crippen LogP contribution in [0.15, 0.2) is 0 Å². The third kappa shape index (κ3) is 0.860. The van der Waals surface area contributed by atoms with Gasteiger partial charge in [-0.1, -0.05) is 0 Å². The Morgan fingerprint density at radius 3 is 2.18 bits per heavy atom. The third-order valence-electron chi connectivity index (χ3n) is 2.42. The fraction of sp³-hybridized carbons (Fsp3) is 0.714. The van der Waals surface area contributed by atoms with Crippen molar-refractivity contribution in [3.8, 4) is 0 Å². The highest BCUT2D eigenvalue weighted by Crippen LogP contribution is 2.26. The van der Waals surface area contributed by atoms with Crippen LogP contribution in [0, 0.1) is 11.8 Å². The summed E-state index contributed by atoms with van der Waals surface area (Å²) in [5, 5.41) is 2.33. The highest BCUT2D eigenvalue weighted by Gasteiger charge is 2.46. The second-order valence-electron chi connectivity index (χ2n) is 3.29. The summed E-state index contributed by atoms with van der Waals surface area (Å²) < 4.78 is 0. The zero-order valence-corrected chi connectivity index (χ0v) is 6.33. The quantitative estimate of drug-likeness (QED) is 0.447. The summed E-state index contributed by atoms with van der Waals surface area (Å²) in [5.74, 6) is -0.339. The van der Waals surface area contributed by atoms with Crippen molar-refractivity contribution in [3.63, 3.8) is 0 Å². The molecule has 0 saturated carbocycles. The van der Waals surface area contributed by atoms with E-state index in [0.717, 1.165) is 13.1 Å². The number of carbonyl (C=O) groups is 2. The maximum atomic E-state index is 11.1. The van der Waals surface area contributed by atoms with Gasteiger partial charge in [0.05, 0.1) is 11.8 Å². The van der Waals surface area contributed by atoms with Crippen molar-refractivity contribution >= 4 is 11.8 Å². The summed E-state index contributed by atoms with van der Waals surface area (Å²) in [5.41, 5.74) is 0. The van der Waals surface area contributed by atoms with Crippen LogP contribution in [-0.2, 0) is 9.59 Å². The molecule has 60 valence electrons. The monoisotopic (exact) mass is 154 g/mol. The zero-order valence-electron chi connectivity index (χ0n) is 6.33. The third-order valence-corrected chi connectivity index (χ3v) is 2.42. The second-order valence-corrected chi connectivity index (χ2v) is 3.29. The lowest BCUT2D eigenvalue weighted by atomic mass is 10.00. The van der Waals surface area contributed by atoms with Crippen molar-refractivity contribution in [2.24, 2.45) is 11.8 Å². The summed E-state index contributed by atoms with van der Waals surface area (Å²) in [7, 11) is 1.93. The highest BCUT2D eigenvalue weighted by molar-refractivity contribution is 6.05. The molecule has 0 unspecified atom stereocenters. The smallest absolute Gasteiger partial charge is 0.231 e. The Balaban J connectivity index is 2.23. The molecule has 0 bridgehead atoms. The zero-order chi connectivity index (χ0) is 8.01. The van der Waals surface area contributed by atoms with Gasteiger partial charge in [0.1, 0.15) is 0 Å². The Labute approximate surface area is 64.5 Å². The molecule has 0 aromatic heterocycles. The molecule has 2 fully saturated rings. The number of amides is 2. The molecule has 2 rings (SSSR count). The lowest BCUT2D eigenvalue weighted by Gasteiger charge is -2.06. The molecule has 4 nitrogen and oxygen atoms in total. The van der Waals surface area contributed by atoms with Crippen molar-refractivity contribution in [1.82, 2.24) is 10.2 Å². The molecule has 2 atom stereocenters. The first kappa shape index (κ1) is 6.79. The molecule has 2 aliphatic heterocycles. The van der Waals surface area contributed by atoms with E-state index >= 15 is 0 Å². The van der Waals surface area contributed by atoms with Crippen LogP contribution in [0.2, 0.25) is 0 Å². The van der Waals surface area contributed by atoms with Gasteiger partial charge in [-0.15, -0.1) is 0 Å². The van der Waals surface area contributed by atoms with Crippen molar-refractivity contribution in [2.45, 2.75) is 0 Å². The highest BCUT2D eigenvalue weighted by atomic mass is 16.2. The van der Waals surface area contributed by atoms with E-state index in [1.165, 1.54) is 0 Å².